The molecule has 0 aromatic heterocycles. The van der Waals surface area contributed by atoms with E-state index in [4.69, 9.17) is 0 Å². The molecule has 0 aliphatic rings. The first-order valence-electron chi connectivity index (χ1n) is 5.10. The van der Waals surface area contributed by atoms with Gasteiger partial charge in [0.25, 0.3) is 10.1 Å². The van der Waals surface area contributed by atoms with E-state index in [1.54, 1.807) is 0 Å². The van der Waals surface area contributed by atoms with E-state index in [0.29, 0.717) is 6.61 Å². The van der Waals surface area contributed by atoms with Gasteiger partial charge in [-0.25, -0.2) is 0 Å². The van der Waals surface area contributed by atoms with Gasteiger partial charge in [0.1, 0.15) is 0 Å². The van der Waals surface area contributed by atoms with Gasteiger partial charge in [-0.15, -0.1) is 6.58 Å². The standard InChI is InChI=1S/C8H16O3S.CH3.Li/c1-3-5-6-7-11-12(9,10)8-4-2;;/h4H,2-3,5-8H2,1H3;1H3;. The van der Waals surface area contributed by atoms with Crippen LogP contribution >= 0.6 is 0 Å². The first kappa shape index (κ1) is 16.7. The Hall–Kier alpha value is 0.247. The normalized spacial score (nSPS) is 10.3. The minimum absolute atomic E-state index is 0.0981. The molecular formula is C9H19LiO3S. The van der Waals surface area contributed by atoms with Gasteiger partial charge in [0.2, 0.25) is 0 Å². The Bertz CT molecular complexity index is 212. The van der Waals surface area contributed by atoms with Crippen LogP contribution in [0.1, 0.15) is 26.2 Å². The van der Waals surface area contributed by atoms with Crippen LogP contribution in [0.5, 0.6) is 0 Å². The fourth-order valence-electron chi connectivity index (χ4n) is 0.730. The van der Waals surface area contributed by atoms with Gasteiger partial charge in [-0.2, -0.15) is 8.42 Å². The molecule has 0 bridgehead atoms. The van der Waals surface area contributed by atoms with Crippen molar-refractivity contribution in [1.82, 2.24) is 0 Å². The summed E-state index contributed by atoms with van der Waals surface area (Å²) < 4.78 is 26.5. The molecular weight excluding hydrogens is 195 g/mol. The number of hydrogen-bond donors (Lipinski definition) is 0. The molecule has 80 valence electrons. The zero-order valence-electron chi connectivity index (χ0n) is 9.45. The summed E-state index contributed by atoms with van der Waals surface area (Å²) in [7, 11) is -3.33. The van der Waals surface area contributed by atoms with Gasteiger partial charge in [-0.05, 0) is 6.42 Å². The molecule has 0 aromatic rings. The van der Waals surface area contributed by atoms with E-state index in [0.717, 1.165) is 19.3 Å². The van der Waals surface area contributed by atoms with Crippen molar-refractivity contribution in [3.63, 3.8) is 0 Å². The SMILES string of the molecule is C=CCS(=O)(=O)OCCCCC.[Li][CH3]. The van der Waals surface area contributed by atoms with Crippen molar-refractivity contribution in [1.29, 1.82) is 0 Å². The topological polar surface area (TPSA) is 43.4 Å². The van der Waals surface area contributed by atoms with Crippen molar-refractivity contribution >= 4 is 27.8 Å². The maximum absolute atomic E-state index is 10.9. The molecule has 0 saturated heterocycles. The summed E-state index contributed by atoms with van der Waals surface area (Å²) in [5, 5.41) is 0. The third-order valence-corrected chi connectivity index (χ3v) is 2.50. The molecule has 0 spiro atoms. The Kier molecular flexibility index (Phi) is 13.5. The van der Waals surface area contributed by atoms with Crippen LogP contribution in [0.25, 0.3) is 0 Å². The van der Waals surface area contributed by atoms with E-state index in [1.807, 2.05) is 23.3 Å². The van der Waals surface area contributed by atoms with Crippen molar-refractivity contribution < 1.29 is 12.6 Å². The van der Waals surface area contributed by atoms with E-state index in [-0.39, 0.29) is 5.75 Å². The zero-order chi connectivity index (χ0) is 11.4. The third kappa shape index (κ3) is 12.2. The molecule has 0 N–H and O–H groups in total. The van der Waals surface area contributed by atoms with Gasteiger partial charge in [0.05, 0.1) is 12.4 Å². The Morgan fingerprint density at radius 1 is 1.36 bits per heavy atom. The van der Waals surface area contributed by atoms with Crippen LogP contribution in [0.15, 0.2) is 12.7 Å². The predicted molar refractivity (Wildman–Crippen MR) is 61.1 cm³/mol. The molecule has 0 atom stereocenters. The Balaban J connectivity index is 0. The monoisotopic (exact) mass is 214 g/mol. The summed E-state index contributed by atoms with van der Waals surface area (Å²) in [4.78, 5) is 0. The Morgan fingerprint density at radius 2 is 1.93 bits per heavy atom. The summed E-state index contributed by atoms with van der Waals surface area (Å²) in [5.41, 5.74) is 2.00. The van der Waals surface area contributed by atoms with Crippen LogP contribution in [0.3, 0.4) is 0 Å². The maximum atomic E-state index is 10.9. The van der Waals surface area contributed by atoms with Crippen molar-refractivity contribution in [2.24, 2.45) is 0 Å². The van der Waals surface area contributed by atoms with Crippen LogP contribution in [0, 0.1) is 0 Å². The van der Waals surface area contributed by atoms with Crippen molar-refractivity contribution in [2.75, 3.05) is 12.4 Å². The number of hydrogen-bond acceptors (Lipinski definition) is 3. The molecule has 0 rings (SSSR count). The molecule has 0 heterocycles. The van der Waals surface area contributed by atoms with E-state index in [9.17, 15) is 8.42 Å². The van der Waals surface area contributed by atoms with Gasteiger partial charge in [0.15, 0.2) is 0 Å². The summed E-state index contributed by atoms with van der Waals surface area (Å²) in [6.07, 6.45) is 4.19. The summed E-state index contributed by atoms with van der Waals surface area (Å²) in [6.45, 7) is 5.68. The third-order valence-electron chi connectivity index (χ3n) is 1.33. The number of rotatable bonds is 7. The van der Waals surface area contributed by atoms with Gasteiger partial charge >= 0.3 is 23.3 Å². The summed E-state index contributed by atoms with van der Waals surface area (Å²) >= 11 is 2.00. The zero-order valence-corrected chi connectivity index (χ0v) is 10.3. The average molecular weight is 214 g/mol. The summed E-state index contributed by atoms with van der Waals surface area (Å²) in [5.74, 6) is -0.0981. The second-order valence-corrected chi connectivity index (χ2v) is 4.23. The molecule has 0 aliphatic carbocycles. The van der Waals surface area contributed by atoms with Gasteiger partial charge < -0.3 is 0 Å². The first-order valence-corrected chi connectivity index (χ1v) is 6.68. The first-order chi connectivity index (χ1) is 6.62. The van der Waals surface area contributed by atoms with Crippen molar-refractivity contribution in [3.05, 3.63) is 12.7 Å². The quantitative estimate of drug-likeness (QED) is 0.281. The van der Waals surface area contributed by atoms with E-state index >= 15 is 0 Å². The predicted octanol–water partition coefficient (Wildman–Crippen LogP) is 1.91. The van der Waals surface area contributed by atoms with Crippen LogP contribution in [-0.4, -0.2) is 38.5 Å². The molecule has 3 nitrogen and oxygen atoms in total. The number of unbranched alkanes of at least 4 members (excludes halogenated alkanes) is 2. The van der Waals surface area contributed by atoms with Crippen LogP contribution in [0.2, 0.25) is 5.60 Å². The fraction of sp³-hybridized carbons (Fsp3) is 0.778. The Labute approximate surface area is 97.2 Å². The average Bonchev–Trinajstić information content (AvgIpc) is 2.16. The Morgan fingerprint density at radius 3 is 2.36 bits per heavy atom. The fourth-order valence-corrected chi connectivity index (χ4v) is 1.49. The molecule has 0 aromatic carbocycles. The van der Waals surface area contributed by atoms with E-state index in [2.05, 4.69) is 17.7 Å². The van der Waals surface area contributed by atoms with Crippen molar-refractivity contribution in [2.45, 2.75) is 31.8 Å². The molecule has 0 radical (unpaired) electrons. The van der Waals surface area contributed by atoms with Crippen LogP contribution in [-0.2, 0) is 14.3 Å². The molecule has 14 heavy (non-hydrogen) atoms. The molecule has 0 amide bonds. The van der Waals surface area contributed by atoms with E-state index in [1.165, 1.54) is 6.08 Å². The van der Waals surface area contributed by atoms with Gasteiger partial charge in [0, 0.05) is 0 Å². The van der Waals surface area contributed by atoms with E-state index < -0.39 is 10.1 Å². The van der Waals surface area contributed by atoms with Crippen LogP contribution < -0.4 is 0 Å². The molecule has 0 fully saturated rings. The molecule has 0 unspecified atom stereocenters. The summed E-state index contributed by atoms with van der Waals surface area (Å²) in [6, 6.07) is 0. The molecule has 0 aliphatic heterocycles. The van der Waals surface area contributed by atoms with Crippen LogP contribution in [0.4, 0.5) is 0 Å². The second kappa shape index (κ2) is 11.3. The van der Waals surface area contributed by atoms with Gasteiger partial charge in [-0.1, -0.05) is 25.8 Å². The van der Waals surface area contributed by atoms with Crippen molar-refractivity contribution in [3.8, 4) is 0 Å². The van der Waals surface area contributed by atoms with Gasteiger partial charge in [-0.3, -0.25) is 4.18 Å². The minimum atomic E-state index is -3.33. The molecule has 5 heteroatoms. The molecule has 0 saturated carbocycles. The second-order valence-electron chi connectivity index (χ2n) is 2.54.